The van der Waals surface area contributed by atoms with E-state index >= 15 is 0 Å². The largest absolute Gasteiger partial charge is 0.458 e. The molecule has 1 unspecified atom stereocenters. The third kappa shape index (κ3) is 3.24. The molecule has 6 nitrogen and oxygen atoms in total. The van der Waals surface area contributed by atoms with Gasteiger partial charge in [0.1, 0.15) is 6.61 Å². The van der Waals surface area contributed by atoms with Crippen LogP contribution in [0.1, 0.15) is 71.6 Å². The van der Waals surface area contributed by atoms with Gasteiger partial charge in [-0.2, -0.15) is 0 Å². The standard InChI is InChI=1S/C28H44N2O4/c1-26-8-5-20(30-11-12-33-17-21(30)15-29)14-19(26)3-4-24-23(26)6-9-27(2)22(7-10-28(24,27)32)18-13-25(31)34-16-18/h13,19-24,32H,3-12,14-17,29H2,1-2H3/t19-,20+,21?,22-,23+,24-,26+,27-,28+/m1/s1. The number of nitrogens with two attached hydrogens (primary N) is 1. The Kier molecular flexibility index (Phi) is 5.72. The van der Waals surface area contributed by atoms with Crippen LogP contribution in [0.2, 0.25) is 0 Å². The molecule has 1 saturated heterocycles. The summed E-state index contributed by atoms with van der Waals surface area (Å²) in [6.07, 6.45) is 12.0. The molecule has 0 aromatic carbocycles. The minimum Gasteiger partial charge on any atom is -0.458 e. The number of morpholine rings is 1. The molecule has 4 saturated carbocycles. The molecule has 0 aromatic rings. The van der Waals surface area contributed by atoms with Crippen LogP contribution in [-0.4, -0.2) is 66.6 Å². The zero-order valence-corrected chi connectivity index (χ0v) is 21.1. The number of hydrogen-bond acceptors (Lipinski definition) is 6. The zero-order chi connectivity index (χ0) is 23.7. The summed E-state index contributed by atoms with van der Waals surface area (Å²) in [6.45, 7) is 8.62. The van der Waals surface area contributed by atoms with E-state index in [9.17, 15) is 9.90 Å². The topological polar surface area (TPSA) is 85.0 Å². The molecule has 0 bridgehead atoms. The van der Waals surface area contributed by atoms with Gasteiger partial charge in [-0.15, -0.1) is 0 Å². The molecule has 9 atom stereocenters. The van der Waals surface area contributed by atoms with Crippen molar-refractivity contribution < 1.29 is 19.4 Å². The number of hydrogen-bond donors (Lipinski definition) is 2. The average Bonchev–Trinajstić information content (AvgIpc) is 3.38. The summed E-state index contributed by atoms with van der Waals surface area (Å²) in [4.78, 5) is 14.5. The van der Waals surface area contributed by atoms with E-state index in [1.165, 1.54) is 32.1 Å². The van der Waals surface area contributed by atoms with Crippen molar-refractivity contribution in [2.24, 2.45) is 40.2 Å². The number of esters is 1. The highest BCUT2D eigenvalue weighted by atomic mass is 16.5. The molecule has 0 radical (unpaired) electrons. The molecule has 0 spiro atoms. The van der Waals surface area contributed by atoms with E-state index in [4.69, 9.17) is 15.2 Å². The van der Waals surface area contributed by atoms with Gasteiger partial charge in [0.2, 0.25) is 0 Å². The molecule has 6 aliphatic rings. The van der Waals surface area contributed by atoms with Crippen LogP contribution < -0.4 is 5.73 Å². The second kappa shape index (κ2) is 8.29. The van der Waals surface area contributed by atoms with Gasteiger partial charge >= 0.3 is 5.97 Å². The van der Waals surface area contributed by atoms with Gasteiger partial charge in [0.15, 0.2) is 0 Å². The van der Waals surface area contributed by atoms with Crippen LogP contribution in [0.15, 0.2) is 11.6 Å². The van der Waals surface area contributed by atoms with E-state index in [-0.39, 0.29) is 17.3 Å². The first kappa shape index (κ1) is 23.4. The van der Waals surface area contributed by atoms with Crippen LogP contribution in [-0.2, 0) is 14.3 Å². The fraction of sp³-hybridized carbons (Fsp3) is 0.893. The third-order valence-corrected chi connectivity index (χ3v) is 12.0. The Morgan fingerprint density at radius 2 is 1.97 bits per heavy atom. The second-order valence-corrected chi connectivity index (χ2v) is 12.9. The predicted molar refractivity (Wildman–Crippen MR) is 130 cm³/mol. The Balaban J connectivity index is 1.22. The number of carbonyl (C=O) groups is 1. The molecule has 2 aliphatic heterocycles. The molecule has 4 aliphatic carbocycles. The van der Waals surface area contributed by atoms with E-state index in [1.807, 2.05) is 0 Å². The van der Waals surface area contributed by atoms with Crippen molar-refractivity contribution >= 4 is 5.97 Å². The smallest absolute Gasteiger partial charge is 0.331 e. The van der Waals surface area contributed by atoms with Crippen LogP contribution in [0.25, 0.3) is 0 Å². The Morgan fingerprint density at radius 3 is 2.74 bits per heavy atom. The number of carbonyl (C=O) groups excluding carboxylic acids is 1. The highest BCUT2D eigenvalue weighted by molar-refractivity contribution is 5.85. The number of aliphatic hydroxyl groups is 1. The van der Waals surface area contributed by atoms with Gasteiger partial charge < -0.3 is 20.3 Å². The molecule has 5 fully saturated rings. The lowest BCUT2D eigenvalue weighted by Gasteiger charge is -2.64. The predicted octanol–water partition coefficient (Wildman–Crippen LogP) is 3.27. The summed E-state index contributed by atoms with van der Waals surface area (Å²) in [5.41, 5.74) is 6.80. The summed E-state index contributed by atoms with van der Waals surface area (Å²) in [5.74, 6) is 1.80. The Morgan fingerprint density at radius 1 is 1.12 bits per heavy atom. The van der Waals surface area contributed by atoms with E-state index in [0.29, 0.717) is 42.5 Å². The van der Waals surface area contributed by atoms with Crippen molar-refractivity contribution in [2.45, 2.75) is 89.3 Å². The van der Waals surface area contributed by atoms with Crippen LogP contribution in [0.4, 0.5) is 0 Å². The van der Waals surface area contributed by atoms with Gasteiger partial charge in [-0.05, 0) is 92.4 Å². The highest BCUT2D eigenvalue weighted by Crippen LogP contribution is 2.70. The van der Waals surface area contributed by atoms with Crippen molar-refractivity contribution in [3.05, 3.63) is 11.6 Å². The summed E-state index contributed by atoms with van der Waals surface area (Å²) >= 11 is 0. The molecule has 6 rings (SSSR count). The SMILES string of the molecule is C[C@]12CC[C@H](N3CCOCC3CN)C[C@H]1CC[C@@H]1[C@@H]2CC[C@]2(C)[C@@H](C3=CC(=O)OC3)CC[C@]12O. The summed E-state index contributed by atoms with van der Waals surface area (Å²) in [5, 5.41) is 12.4. The molecule has 6 heteroatoms. The fourth-order valence-electron chi connectivity index (χ4n) is 10.0. The Hall–Kier alpha value is -0.950. The first-order chi connectivity index (χ1) is 16.3. The van der Waals surface area contributed by atoms with Gasteiger partial charge in [0.05, 0.1) is 18.8 Å². The van der Waals surface area contributed by atoms with E-state index in [1.54, 1.807) is 6.08 Å². The normalized spacial score (nSPS) is 51.3. The molecule has 2 heterocycles. The number of ether oxygens (including phenoxy) is 2. The van der Waals surface area contributed by atoms with Crippen molar-refractivity contribution in [1.29, 1.82) is 0 Å². The maximum atomic E-state index is 12.4. The monoisotopic (exact) mass is 472 g/mol. The minimum absolute atomic E-state index is 0.142. The number of nitrogens with zero attached hydrogens (tertiary/aromatic N) is 1. The molecular formula is C28H44N2O4. The Labute approximate surface area is 204 Å². The minimum atomic E-state index is -0.618. The van der Waals surface area contributed by atoms with E-state index < -0.39 is 5.60 Å². The van der Waals surface area contributed by atoms with Crippen LogP contribution in [0.5, 0.6) is 0 Å². The molecular weight excluding hydrogens is 428 g/mol. The summed E-state index contributed by atoms with van der Waals surface area (Å²) in [6, 6.07) is 0.999. The average molecular weight is 473 g/mol. The van der Waals surface area contributed by atoms with E-state index in [2.05, 4.69) is 18.7 Å². The lowest BCUT2D eigenvalue weighted by atomic mass is 9.43. The maximum Gasteiger partial charge on any atom is 0.331 e. The third-order valence-electron chi connectivity index (χ3n) is 12.0. The van der Waals surface area contributed by atoms with Gasteiger partial charge in [0, 0.05) is 36.7 Å². The van der Waals surface area contributed by atoms with Crippen LogP contribution >= 0.6 is 0 Å². The molecule has 3 N–H and O–H groups in total. The van der Waals surface area contributed by atoms with E-state index in [0.717, 1.165) is 56.9 Å². The molecule has 0 amide bonds. The quantitative estimate of drug-likeness (QED) is 0.614. The number of rotatable bonds is 3. The lowest BCUT2D eigenvalue weighted by molar-refractivity contribution is -0.207. The van der Waals surface area contributed by atoms with Gasteiger partial charge in [-0.3, -0.25) is 4.90 Å². The first-order valence-corrected chi connectivity index (χ1v) is 13.9. The zero-order valence-electron chi connectivity index (χ0n) is 21.1. The van der Waals surface area contributed by atoms with Crippen LogP contribution in [0, 0.1) is 34.5 Å². The van der Waals surface area contributed by atoms with Gasteiger partial charge in [-0.1, -0.05) is 13.8 Å². The molecule has 190 valence electrons. The van der Waals surface area contributed by atoms with Crippen molar-refractivity contribution in [3.63, 3.8) is 0 Å². The Bertz CT molecular complexity index is 861. The summed E-state index contributed by atoms with van der Waals surface area (Å²) < 4.78 is 11.0. The maximum absolute atomic E-state index is 12.4. The van der Waals surface area contributed by atoms with Crippen molar-refractivity contribution in [1.82, 2.24) is 4.90 Å². The highest BCUT2D eigenvalue weighted by Gasteiger charge is 2.67. The van der Waals surface area contributed by atoms with Crippen molar-refractivity contribution in [3.8, 4) is 0 Å². The van der Waals surface area contributed by atoms with Crippen molar-refractivity contribution in [2.75, 3.05) is 32.9 Å². The van der Waals surface area contributed by atoms with Gasteiger partial charge in [-0.25, -0.2) is 4.79 Å². The fourth-order valence-corrected chi connectivity index (χ4v) is 10.0. The molecule has 0 aromatic heterocycles. The number of cyclic esters (lactones) is 1. The lowest BCUT2D eigenvalue weighted by Crippen LogP contribution is -2.63. The number of fused-ring (bicyclic) bond motifs is 5. The van der Waals surface area contributed by atoms with Crippen LogP contribution in [0.3, 0.4) is 0 Å². The molecule has 34 heavy (non-hydrogen) atoms. The summed E-state index contributed by atoms with van der Waals surface area (Å²) in [7, 11) is 0. The van der Waals surface area contributed by atoms with Gasteiger partial charge in [0.25, 0.3) is 0 Å². The first-order valence-electron chi connectivity index (χ1n) is 13.9. The second-order valence-electron chi connectivity index (χ2n) is 12.9.